The number of likely N-dealkylation sites (tertiary alicyclic amines) is 1. The van der Waals surface area contributed by atoms with Crippen LogP contribution in [-0.2, 0) is 11.3 Å². The van der Waals surface area contributed by atoms with E-state index in [1.165, 1.54) is 6.07 Å². The second-order valence-electron chi connectivity index (χ2n) is 9.15. The highest BCUT2D eigenvalue weighted by molar-refractivity contribution is 5.97. The fourth-order valence-electron chi connectivity index (χ4n) is 5.11. The average molecular weight is 427 g/mol. The Bertz CT molecular complexity index is 964. The molecule has 1 N–H and O–H groups in total. The van der Waals surface area contributed by atoms with E-state index in [1.54, 1.807) is 29.2 Å². The van der Waals surface area contributed by atoms with Crippen molar-refractivity contribution in [1.29, 1.82) is 0 Å². The summed E-state index contributed by atoms with van der Waals surface area (Å²) in [7, 11) is 0. The maximum Gasteiger partial charge on any atom is 0.227 e. The molecule has 2 fully saturated rings. The van der Waals surface area contributed by atoms with E-state index in [0.29, 0.717) is 17.9 Å². The quantitative estimate of drug-likeness (QED) is 0.741. The van der Waals surface area contributed by atoms with Gasteiger partial charge in [-0.05, 0) is 69.9 Å². The number of phenolic OH excluding ortho intramolecular Hbond substituents is 1. The molecular formula is C25H31FN2O3. The van der Waals surface area contributed by atoms with Gasteiger partial charge in [-0.15, -0.1) is 0 Å². The van der Waals surface area contributed by atoms with E-state index in [1.807, 2.05) is 26.0 Å². The number of para-hydroxylation sites is 1. The van der Waals surface area contributed by atoms with Gasteiger partial charge in [0.25, 0.3) is 0 Å². The van der Waals surface area contributed by atoms with Gasteiger partial charge in [-0.3, -0.25) is 9.69 Å². The minimum atomic E-state index is -0.339. The molecule has 31 heavy (non-hydrogen) atoms. The van der Waals surface area contributed by atoms with Crippen LogP contribution in [0.3, 0.4) is 0 Å². The van der Waals surface area contributed by atoms with E-state index < -0.39 is 0 Å². The summed E-state index contributed by atoms with van der Waals surface area (Å²) in [4.78, 5) is 16.9. The Kier molecular flexibility index (Phi) is 5.93. The summed E-state index contributed by atoms with van der Waals surface area (Å²) in [6, 6.07) is 12.3. The predicted molar refractivity (Wildman–Crippen MR) is 119 cm³/mol. The molecule has 0 bridgehead atoms. The Balaban J connectivity index is 1.51. The number of carbonyl (C=O) groups is 1. The summed E-state index contributed by atoms with van der Waals surface area (Å²) in [5.74, 6) is 0.322. The number of nitrogens with zero attached hydrogens (tertiary/aromatic N) is 2. The Morgan fingerprint density at radius 2 is 2.00 bits per heavy atom. The number of phenols is 1. The molecule has 6 heteroatoms. The van der Waals surface area contributed by atoms with E-state index in [0.717, 1.165) is 37.9 Å². The molecule has 1 spiro atoms. The first-order chi connectivity index (χ1) is 14.8. The summed E-state index contributed by atoms with van der Waals surface area (Å²) in [6.07, 6.45) is 2.84. The fraction of sp³-hybridized carbons (Fsp3) is 0.480. The minimum absolute atomic E-state index is 0.0137. The average Bonchev–Trinajstić information content (AvgIpc) is 3.02. The van der Waals surface area contributed by atoms with Gasteiger partial charge in [0, 0.05) is 25.6 Å². The highest BCUT2D eigenvalue weighted by Gasteiger charge is 2.50. The Morgan fingerprint density at radius 1 is 1.23 bits per heavy atom. The molecule has 5 nitrogen and oxygen atoms in total. The largest absolute Gasteiger partial charge is 0.504 e. The molecule has 2 aliphatic rings. The molecule has 0 saturated carbocycles. The lowest BCUT2D eigenvalue weighted by molar-refractivity contribution is -0.117. The maximum atomic E-state index is 14.5. The van der Waals surface area contributed by atoms with Crippen molar-refractivity contribution in [1.82, 2.24) is 4.90 Å². The van der Waals surface area contributed by atoms with Crippen LogP contribution in [0.1, 0.15) is 52.0 Å². The predicted octanol–water partition coefficient (Wildman–Crippen LogP) is 4.87. The van der Waals surface area contributed by atoms with Gasteiger partial charge in [-0.2, -0.15) is 0 Å². The SMILES string of the molecule is CC(C)Oc1cc(CN2CC[C@]3(CCC(=O)N3c3ccccc3F)C[C@@H]2C)ccc1O. The molecule has 166 valence electrons. The van der Waals surface area contributed by atoms with E-state index in [9.17, 15) is 14.3 Å². The normalized spacial score (nSPS) is 24.4. The summed E-state index contributed by atoms with van der Waals surface area (Å²) in [6.45, 7) is 7.60. The molecule has 2 atom stereocenters. The number of carbonyl (C=O) groups excluding carboxylic acids is 1. The third-order valence-electron chi connectivity index (χ3n) is 6.56. The maximum absolute atomic E-state index is 14.5. The summed E-state index contributed by atoms with van der Waals surface area (Å²) in [5, 5.41) is 10.1. The van der Waals surface area contributed by atoms with Gasteiger partial charge in [0.2, 0.25) is 5.91 Å². The van der Waals surface area contributed by atoms with Gasteiger partial charge in [0.1, 0.15) is 5.82 Å². The standard InChI is InChI=1S/C25H31FN2O3/c1-17(2)31-23-14-19(8-9-22(23)29)16-27-13-12-25(15-18(27)3)11-10-24(30)28(25)21-7-5-4-6-20(21)26/h4-9,14,17-18,29H,10-13,15-16H2,1-3H3/t18-,25+/m0/s1. The Morgan fingerprint density at radius 3 is 2.71 bits per heavy atom. The number of aromatic hydroxyl groups is 1. The number of amides is 1. The van der Waals surface area contributed by atoms with Crippen molar-refractivity contribution in [2.24, 2.45) is 0 Å². The summed E-state index contributed by atoms with van der Waals surface area (Å²) >= 11 is 0. The molecular weight excluding hydrogens is 395 g/mol. The van der Waals surface area contributed by atoms with Crippen molar-refractivity contribution in [3.63, 3.8) is 0 Å². The van der Waals surface area contributed by atoms with Crippen molar-refractivity contribution in [2.45, 2.75) is 70.7 Å². The van der Waals surface area contributed by atoms with Gasteiger partial charge in [-0.1, -0.05) is 18.2 Å². The zero-order chi connectivity index (χ0) is 22.2. The van der Waals surface area contributed by atoms with Crippen LogP contribution >= 0.6 is 0 Å². The first kappa shape index (κ1) is 21.6. The molecule has 2 heterocycles. The number of rotatable bonds is 5. The van der Waals surface area contributed by atoms with E-state index >= 15 is 0 Å². The number of anilines is 1. The number of hydrogen-bond acceptors (Lipinski definition) is 4. The number of hydrogen-bond donors (Lipinski definition) is 1. The van der Waals surface area contributed by atoms with Crippen LogP contribution in [0.15, 0.2) is 42.5 Å². The van der Waals surface area contributed by atoms with E-state index in [4.69, 9.17) is 4.74 Å². The monoisotopic (exact) mass is 426 g/mol. The summed E-state index contributed by atoms with van der Waals surface area (Å²) in [5.41, 5.74) is 1.15. The lowest BCUT2D eigenvalue weighted by Crippen LogP contribution is -2.56. The Hall–Kier alpha value is -2.60. The van der Waals surface area contributed by atoms with Crippen LogP contribution in [0.2, 0.25) is 0 Å². The van der Waals surface area contributed by atoms with Gasteiger partial charge in [-0.25, -0.2) is 4.39 Å². The first-order valence-corrected chi connectivity index (χ1v) is 11.1. The molecule has 0 aromatic heterocycles. The van der Waals surface area contributed by atoms with Crippen molar-refractivity contribution in [3.05, 3.63) is 53.8 Å². The molecule has 2 aromatic carbocycles. The molecule has 4 rings (SSSR count). The van der Waals surface area contributed by atoms with Crippen molar-refractivity contribution < 1.29 is 19.0 Å². The second-order valence-corrected chi connectivity index (χ2v) is 9.15. The molecule has 0 aliphatic carbocycles. The molecule has 0 unspecified atom stereocenters. The Labute approximate surface area is 183 Å². The van der Waals surface area contributed by atoms with E-state index in [-0.39, 0.29) is 35.2 Å². The van der Waals surface area contributed by atoms with Crippen molar-refractivity contribution >= 4 is 11.6 Å². The van der Waals surface area contributed by atoms with Gasteiger partial charge >= 0.3 is 0 Å². The smallest absolute Gasteiger partial charge is 0.227 e. The van der Waals surface area contributed by atoms with Crippen LogP contribution in [0.5, 0.6) is 11.5 Å². The number of benzene rings is 2. The highest BCUT2D eigenvalue weighted by atomic mass is 19.1. The second kappa shape index (κ2) is 8.50. The number of ether oxygens (including phenoxy) is 1. The summed E-state index contributed by atoms with van der Waals surface area (Å²) < 4.78 is 20.3. The van der Waals surface area contributed by atoms with Gasteiger partial charge in [0.15, 0.2) is 11.5 Å². The van der Waals surface area contributed by atoms with Gasteiger partial charge < -0.3 is 14.7 Å². The van der Waals surface area contributed by atoms with Crippen LogP contribution in [0.4, 0.5) is 10.1 Å². The third-order valence-corrected chi connectivity index (χ3v) is 6.56. The van der Waals surface area contributed by atoms with Crippen molar-refractivity contribution in [2.75, 3.05) is 11.4 Å². The number of piperidine rings is 1. The number of halogens is 1. The van der Waals surface area contributed by atoms with Crippen LogP contribution < -0.4 is 9.64 Å². The molecule has 2 aromatic rings. The zero-order valence-corrected chi connectivity index (χ0v) is 18.5. The van der Waals surface area contributed by atoms with Crippen LogP contribution in [0, 0.1) is 5.82 Å². The van der Waals surface area contributed by atoms with Crippen LogP contribution in [-0.4, -0.2) is 40.1 Å². The molecule has 2 saturated heterocycles. The molecule has 1 amide bonds. The molecule has 2 aliphatic heterocycles. The highest BCUT2D eigenvalue weighted by Crippen LogP contribution is 2.45. The lowest BCUT2D eigenvalue weighted by Gasteiger charge is -2.48. The van der Waals surface area contributed by atoms with Crippen molar-refractivity contribution in [3.8, 4) is 11.5 Å². The van der Waals surface area contributed by atoms with Gasteiger partial charge in [0.05, 0.1) is 17.3 Å². The topological polar surface area (TPSA) is 53.0 Å². The minimum Gasteiger partial charge on any atom is -0.504 e. The lowest BCUT2D eigenvalue weighted by atomic mass is 9.81. The third kappa shape index (κ3) is 4.26. The zero-order valence-electron chi connectivity index (χ0n) is 18.5. The fourth-order valence-corrected chi connectivity index (χ4v) is 5.11. The van der Waals surface area contributed by atoms with E-state index in [2.05, 4.69) is 11.8 Å². The molecule has 0 radical (unpaired) electrons. The van der Waals surface area contributed by atoms with Crippen LogP contribution in [0.25, 0.3) is 0 Å². The first-order valence-electron chi connectivity index (χ1n) is 11.1.